The molecule has 0 aromatic heterocycles. The molecule has 0 radical (unpaired) electrons. The molecule has 15 heavy (non-hydrogen) atoms. The third-order valence-corrected chi connectivity index (χ3v) is 7.42. The molecule has 0 aromatic carbocycles. The van der Waals surface area contributed by atoms with E-state index in [1.54, 1.807) is 0 Å². The summed E-state index contributed by atoms with van der Waals surface area (Å²) >= 11 is 0. The number of carbonyl (C=O) groups is 1. The zero-order valence-corrected chi connectivity index (χ0v) is 11.3. The van der Waals surface area contributed by atoms with Gasteiger partial charge < -0.3 is 10.1 Å². The van der Waals surface area contributed by atoms with Crippen LogP contribution in [-0.2, 0) is 4.79 Å². The van der Waals surface area contributed by atoms with E-state index in [0.717, 1.165) is 19.3 Å². The molecule has 88 valence electrons. The van der Waals surface area contributed by atoms with Crippen LogP contribution in [-0.4, -0.2) is 25.1 Å². The molecule has 1 atom stereocenters. The number of amides is 1. The van der Waals surface area contributed by atoms with Crippen molar-refractivity contribution in [3.05, 3.63) is 0 Å². The van der Waals surface area contributed by atoms with E-state index in [1.807, 2.05) is 13.1 Å². The van der Waals surface area contributed by atoms with Gasteiger partial charge in [-0.25, -0.2) is 0 Å². The standard InChI is InChI=1S/C11H23NO2Si/c1-11(2,15(3,4)14)8-7-9-5-6-10(13)12-9/h9,14H,5-8H2,1-4H3,(H,12,13)/t9-/m1/s1. The minimum Gasteiger partial charge on any atom is -0.432 e. The summed E-state index contributed by atoms with van der Waals surface area (Å²) < 4.78 is 0. The van der Waals surface area contributed by atoms with Crippen molar-refractivity contribution in [2.45, 2.75) is 63.7 Å². The second-order valence-electron chi connectivity index (χ2n) is 5.78. The molecule has 0 unspecified atom stereocenters. The Balaban J connectivity index is 2.40. The summed E-state index contributed by atoms with van der Waals surface area (Å²) in [4.78, 5) is 21.1. The summed E-state index contributed by atoms with van der Waals surface area (Å²) in [5.74, 6) is 0.179. The summed E-state index contributed by atoms with van der Waals surface area (Å²) in [5, 5.41) is 3.00. The second-order valence-corrected chi connectivity index (χ2v) is 10.3. The largest absolute Gasteiger partial charge is 0.432 e. The van der Waals surface area contributed by atoms with Gasteiger partial charge in [0, 0.05) is 12.5 Å². The molecule has 0 aliphatic carbocycles. The Morgan fingerprint density at radius 2 is 2.13 bits per heavy atom. The highest BCUT2D eigenvalue weighted by molar-refractivity contribution is 6.72. The van der Waals surface area contributed by atoms with Crippen molar-refractivity contribution >= 4 is 14.2 Å². The fourth-order valence-electron chi connectivity index (χ4n) is 1.73. The minimum absolute atomic E-state index is 0.0281. The SMILES string of the molecule is CC(C)(CC[C@H]1CCC(=O)N1)[Si](C)(C)O. The Morgan fingerprint density at radius 1 is 1.53 bits per heavy atom. The van der Waals surface area contributed by atoms with Crippen LogP contribution in [0.5, 0.6) is 0 Å². The zero-order chi connectivity index (χ0) is 11.7. The highest BCUT2D eigenvalue weighted by Gasteiger charge is 2.38. The van der Waals surface area contributed by atoms with Crippen molar-refractivity contribution in [1.29, 1.82) is 0 Å². The highest BCUT2D eigenvalue weighted by Crippen LogP contribution is 2.40. The first kappa shape index (κ1) is 12.7. The van der Waals surface area contributed by atoms with Gasteiger partial charge in [0.15, 0.2) is 8.32 Å². The molecule has 0 bridgehead atoms. The smallest absolute Gasteiger partial charge is 0.220 e. The van der Waals surface area contributed by atoms with Crippen molar-refractivity contribution < 1.29 is 9.59 Å². The molecular formula is C11H23NO2Si. The van der Waals surface area contributed by atoms with Crippen molar-refractivity contribution in [3.63, 3.8) is 0 Å². The Labute approximate surface area is 93.4 Å². The Morgan fingerprint density at radius 3 is 2.53 bits per heavy atom. The molecule has 1 aliphatic rings. The van der Waals surface area contributed by atoms with Crippen molar-refractivity contribution in [1.82, 2.24) is 5.32 Å². The highest BCUT2D eigenvalue weighted by atomic mass is 28.4. The first-order valence-electron chi connectivity index (χ1n) is 5.74. The van der Waals surface area contributed by atoms with Gasteiger partial charge in [-0.3, -0.25) is 4.79 Å². The van der Waals surface area contributed by atoms with Crippen LogP contribution >= 0.6 is 0 Å². The third-order valence-electron chi connectivity index (χ3n) is 3.86. The summed E-state index contributed by atoms with van der Waals surface area (Å²) in [5.41, 5.74) is 0. The van der Waals surface area contributed by atoms with Gasteiger partial charge in [0.2, 0.25) is 5.91 Å². The maximum atomic E-state index is 11.0. The van der Waals surface area contributed by atoms with E-state index in [9.17, 15) is 9.59 Å². The average molecular weight is 229 g/mol. The van der Waals surface area contributed by atoms with Crippen LogP contribution in [0.1, 0.15) is 39.5 Å². The van der Waals surface area contributed by atoms with Gasteiger partial charge in [-0.1, -0.05) is 13.8 Å². The van der Waals surface area contributed by atoms with Crippen molar-refractivity contribution in [2.24, 2.45) is 0 Å². The van der Waals surface area contributed by atoms with Crippen LogP contribution in [0, 0.1) is 0 Å². The fraction of sp³-hybridized carbons (Fsp3) is 0.909. The Kier molecular flexibility index (Phi) is 3.61. The van der Waals surface area contributed by atoms with Crippen LogP contribution in [0.15, 0.2) is 0 Å². The predicted molar refractivity (Wildman–Crippen MR) is 64.1 cm³/mol. The molecule has 0 aromatic rings. The fourth-order valence-corrected chi connectivity index (χ4v) is 2.49. The molecule has 0 saturated carbocycles. The second kappa shape index (κ2) is 4.26. The maximum absolute atomic E-state index is 11.0. The number of nitrogens with one attached hydrogen (secondary N) is 1. The maximum Gasteiger partial charge on any atom is 0.220 e. The normalized spacial score (nSPS) is 23.0. The quantitative estimate of drug-likeness (QED) is 0.725. The van der Waals surface area contributed by atoms with Crippen LogP contribution in [0.25, 0.3) is 0 Å². The van der Waals surface area contributed by atoms with Crippen molar-refractivity contribution in [3.8, 4) is 0 Å². The van der Waals surface area contributed by atoms with Gasteiger partial charge in [0.05, 0.1) is 0 Å². The third kappa shape index (κ3) is 3.31. The number of hydrogen-bond acceptors (Lipinski definition) is 2. The van der Waals surface area contributed by atoms with Crippen LogP contribution in [0.3, 0.4) is 0 Å². The average Bonchev–Trinajstić information content (AvgIpc) is 2.46. The molecule has 1 fully saturated rings. The lowest BCUT2D eigenvalue weighted by molar-refractivity contribution is -0.119. The first-order valence-corrected chi connectivity index (χ1v) is 8.69. The molecule has 1 rings (SSSR count). The molecular weight excluding hydrogens is 206 g/mol. The summed E-state index contributed by atoms with van der Waals surface area (Å²) in [6, 6.07) is 0.341. The monoisotopic (exact) mass is 229 g/mol. The number of hydrogen-bond donors (Lipinski definition) is 2. The summed E-state index contributed by atoms with van der Waals surface area (Å²) in [6.45, 7) is 8.24. The molecule has 4 heteroatoms. The lowest BCUT2D eigenvalue weighted by atomic mass is 10.0. The van der Waals surface area contributed by atoms with Gasteiger partial charge in [0.25, 0.3) is 0 Å². The van der Waals surface area contributed by atoms with Crippen LogP contribution in [0.4, 0.5) is 0 Å². The van der Waals surface area contributed by atoms with E-state index in [4.69, 9.17) is 0 Å². The van der Waals surface area contributed by atoms with Gasteiger partial charge in [-0.05, 0) is 37.4 Å². The van der Waals surface area contributed by atoms with Gasteiger partial charge >= 0.3 is 0 Å². The number of rotatable bonds is 4. The molecule has 1 heterocycles. The molecule has 1 amide bonds. The van der Waals surface area contributed by atoms with E-state index in [2.05, 4.69) is 19.2 Å². The van der Waals surface area contributed by atoms with Gasteiger partial charge in [-0.15, -0.1) is 0 Å². The molecule has 2 N–H and O–H groups in total. The van der Waals surface area contributed by atoms with Gasteiger partial charge in [0.1, 0.15) is 0 Å². The predicted octanol–water partition coefficient (Wildman–Crippen LogP) is 2.02. The molecule has 1 saturated heterocycles. The summed E-state index contributed by atoms with van der Waals surface area (Å²) in [6.07, 6.45) is 3.62. The van der Waals surface area contributed by atoms with E-state index in [1.165, 1.54) is 0 Å². The van der Waals surface area contributed by atoms with Crippen LogP contribution in [0.2, 0.25) is 18.1 Å². The zero-order valence-electron chi connectivity index (χ0n) is 10.3. The van der Waals surface area contributed by atoms with E-state index < -0.39 is 8.32 Å². The lowest BCUT2D eigenvalue weighted by Crippen LogP contribution is -2.40. The van der Waals surface area contributed by atoms with Crippen LogP contribution < -0.4 is 5.32 Å². The topological polar surface area (TPSA) is 49.3 Å². The van der Waals surface area contributed by atoms with Crippen molar-refractivity contribution in [2.75, 3.05) is 0 Å². The molecule has 0 spiro atoms. The molecule has 1 aliphatic heterocycles. The Bertz CT molecular complexity index is 245. The first-order chi connectivity index (χ1) is 6.72. The molecule has 3 nitrogen and oxygen atoms in total. The Hall–Kier alpha value is -0.353. The lowest BCUT2D eigenvalue weighted by Gasteiger charge is -2.35. The van der Waals surface area contributed by atoms with E-state index in [0.29, 0.717) is 12.5 Å². The van der Waals surface area contributed by atoms with E-state index in [-0.39, 0.29) is 10.9 Å². The van der Waals surface area contributed by atoms with E-state index >= 15 is 0 Å². The van der Waals surface area contributed by atoms with Gasteiger partial charge in [-0.2, -0.15) is 0 Å². The minimum atomic E-state index is -2.09. The summed E-state index contributed by atoms with van der Waals surface area (Å²) in [7, 11) is -2.09. The number of carbonyl (C=O) groups excluding carboxylic acids is 1.